The fourth-order valence-corrected chi connectivity index (χ4v) is 3.74. The predicted molar refractivity (Wildman–Crippen MR) is 83.6 cm³/mol. The average Bonchev–Trinajstić information content (AvgIpc) is 2.39. The minimum Gasteiger partial charge on any atom is -0.369 e. The topological polar surface area (TPSA) is 9.23 Å². The third-order valence-corrected chi connectivity index (χ3v) is 5.66. The van der Waals surface area contributed by atoms with Crippen molar-refractivity contribution in [1.29, 1.82) is 0 Å². The summed E-state index contributed by atoms with van der Waals surface area (Å²) in [5.41, 5.74) is 1.39. The zero-order chi connectivity index (χ0) is 12.1. The van der Waals surface area contributed by atoms with Crippen LogP contribution >= 0.6 is 38.5 Å². The van der Waals surface area contributed by atoms with E-state index in [0.29, 0.717) is 0 Å². The van der Waals surface area contributed by atoms with Crippen LogP contribution in [0.2, 0.25) is 0 Å². The SMILES string of the molecule is Brc1ccccc1COC1(CI)CCCCC1. The Labute approximate surface area is 126 Å². The lowest BCUT2D eigenvalue weighted by molar-refractivity contribution is -0.0609. The fraction of sp³-hybridized carbons (Fsp3) is 0.571. The molecule has 1 aromatic carbocycles. The zero-order valence-corrected chi connectivity index (χ0v) is 13.7. The van der Waals surface area contributed by atoms with E-state index in [4.69, 9.17) is 4.74 Å². The van der Waals surface area contributed by atoms with E-state index in [1.807, 2.05) is 6.07 Å². The molecule has 0 aliphatic heterocycles. The minimum atomic E-state index is 0.133. The summed E-state index contributed by atoms with van der Waals surface area (Å²) in [4.78, 5) is 0. The van der Waals surface area contributed by atoms with E-state index < -0.39 is 0 Å². The van der Waals surface area contributed by atoms with Crippen LogP contribution in [0.25, 0.3) is 0 Å². The van der Waals surface area contributed by atoms with Crippen molar-refractivity contribution >= 4 is 38.5 Å². The lowest BCUT2D eigenvalue weighted by Gasteiger charge is -2.36. The normalized spacial score (nSPS) is 19.2. The summed E-state index contributed by atoms with van der Waals surface area (Å²) in [6.07, 6.45) is 6.45. The van der Waals surface area contributed by atoms with Gasteiger partial charge in [0.05, 0.1) is 12.2 Å². The molecule has 0 heterocycles. The lowest BCUT2D eigenvalue weighted by atomic mass is 9.86. The van der Waals surface area contributed by atoms with E-state index in [9.17, 15) is 0 Å². The van der Waals surface area contributed by atoms with Crippen molar-refractivity contribution in [2.45, 2.75) is 44.3 Å². The number of hydrogen-bond acceptors (Lipinski definition) is 1. The van der Waals surface area contributed by atoms with Gasteiger partial charge >= 0.3 is 0 Å². The van der Waals surface area contributed by atoms with Gasteiger partial charge in [0.2, 0.25) is 0 Å². The average molecular weight is 409 g/mol. The Hall–Kier alpha value is 0.390. The van der Waals surface area contributed by atoms with Gasteiger partial charge in [-0.2, -0.15) is 0 Å². The van der Waals surface area contributed by atoms with Crippen molar-refractivity contribution in [3.63, 3.8) is 0 Å². The van der Waals surface area contributed by atoms with Crippen LogP contribution in [0.3, 0.4) is 0 Å². The van der Waals surface area contributed by atoms with Crippen molar-refractivity contribution in [1.82, 2.24) is 0 Å². The van der Waals surface area contributed by atoms with E-state index >= 15 is 0 Å². The second kappa shape index (κ2) is 6.53. The first-order valence-corrected chi connectivity index (χ1v) is 8.51. The largest absolute Gasteiger partial charge is 0.369 e. The predicted octanol–water partition coefficient (Wildman–Crippen LogP) is 5.10. The maximum absolute atomic E-state index is 6.25. The molecule has 0 spiro atoms. The van der Waals surface area contributed by atoms with Gasteiger partial charge in [-0.15, -0.1) is 0 Å². The van der Waals surface area contributed by atoms with Crippen LogP contribution in [-0.2, 0) is 11.3 Å². The molecule has 0 atom stereocenters. The van der Waals surface area contributed by atoms with Crippen LogP contribution in [0, 0.1) is 0 Å². The molecule has 3 heteroatoms. The number of ether oxygens (including phenoxy) is 1. The molecule has 0 radical (unpaired) electrons. The summed E-state index contributed by atoms with van der Waals surface area (Å²) in [6.45, 7) is 0.727. The Morgan fingerprint density at radius 3 is 2.53 bits per heavy atom. The van der Waals surface area contributed by atoms with Crippen LogP contribution < -0.4 is 0 Å². The molecule has 1 fully saturated rings. The molecule has 1 saturated carbocycles. The van der Waals surface area contributed by atoms with Crippen LogP contribution in [0.4, 0.5) is 0 Å². The molecule has 1 nitrogen and oxygen atoms in total. The summed E-state index contributed by atoms with van der Waals surface area (Å²) in [5.74, 6) is 0. The third kappa shape index (κ3) is 3.67. The molecule has 1 aliphatic carbocycles. The monoisotopic (exact) mass is 408 g/mol. The van der Waals surface area contributed by atoms with Crippen molar-refractivity contribution in [2.75, 3.05) is 4.43 Å². The van der Waals surface area contributed by atoms with Crippen molar-refractivity contribution in [3.05, 3.63) is 34.3 Å². The molecule has 0 bridgehead atoms. The molecular weight excluding hydrogens is 391 g/mol. The molecule has 0 saturated heterocycles. The minimum absolute atomic E-state index is 0.133. The molecule has 1 aromatic rings. The Kier molecular flexibility index (Phi) is 5.30. The number of alkyl halides is 1. The van der Waals surface area contributed by atoms with E-state index in [0.717, 1.165) is 15.5 Å². The highest BCUT2D eigenvalue weighted by Crippen LogP contribution is 2.34. The Morgan fingerprint density at radius 1 is 1.18 bits per heavy atom. The molecule has 94 valence electrons. The Morgan fingerprint density at radius 2 is 1.88 bits per heavy atom. The number of rotatable bonds is 4. The van der Waals surface area contributed by atoms with Crippen LogP contribution in [0.1, 0.15) is 37.7 Å². The number of benzene rings is 1. The van der Waals surface area contributed by atoms with E-state index in [1.54, 1.807) is 0 Å². The summed E-state index contributed by atoms with van der Waals surface area (Å²) >= 11 is 6.05. The summed E-state index contributed by atoms with van der Waals surface area (Å²) in [5, 5.41) is 0. The highest BCUT2D eigenvalue weighted by Gasteiger charge is 2.31. The fourth-order valence-electron chi connectivity index (χ4n) is 2.36. The highest BCUT2D eigenvalue weighted by atomic mass is 127. The second-order valence-electron chi connectivity index (χ2n) is 4.76. The van der Waals surface area contributed by atoms with E-state index in [2.05, 4.69) is 56.7 Å². The van der Waals surface area contributed by atoms with Gasteiger partial charge in [-0.1, -0.05) is 76.0 Å². The van der Waals surface area contributed by atoms with Gasteiger partial charge in [-0.25, -0.2) is 0 Å². The van der Waals surface area contributed by atoms with Crippen molar-refractivity contribution in [3.8, 4) is 0 Å². The van der Waals surface area contributed by atoms with Gasteiger partial charge in [0.15, 0.2) is 0 Å². The number of hydrogen-bond donors (Lipinski definition) is 0. The first-order valence-electron chi connectivity index (χ1n) is 6.19. The summed E-state index contributed by atoms with van der Waals surface area (Å²) in [6, 6.07) is 8.33. The first kappa shape index (κ1) is 13.8. The molecule has 1 aliphatic rings. The molecule has 2 rings (SSSR count). The maximum atomic E-state index is 6.25. The first-order chi connectivity index (χ1) is 8.26. The van der Waals surface area contributed by atoms with E-state index in [-0.39, 0.29) is 5.60 Å². The molecule has 0 unspecified atom stereocenters. The third-order valence-electron chi connectivity index (χ3n) is 3.50. The molecule has 0 aromatic heterocycles. The zero-order valence-electron chi connectivity index (χ0n) is 9.92. The standard InChI is InChI=1S/C14H18BrIO/c15-13-7-3-2-6-12(13)10-17-14(11-16)8-4-1-5-9-14/h2-3,6-7H,1,4-5,8-11H2. The van der Waals surface area contributed by atoms with Gasteiger partial charge in [-0.05, 0) is 24.5 Å². The van der Waals surface area contributed by atoms with Crippen LogP contribution in [-0.4, -0.2) is 10.0 Å². The molecular formula is C14H18BrIO. The van der Waals surface area contributed by atoms with Gasteiger partial charge in [0, 0.05) is 8.90 Å². The smallest absolute Gasteiger partial charge is 0.0776 e. The maximum Gasteiger partial charge on any atom is 0.0776 e. The van der Waals surface area contributed by atoms with Crippen LogP contribution in [0.15, 0.2) is 28.7 Å². The summed E-state index contributed by atoms with van der Waals surface area (Å²) < 4.78 is 8.51. The Balaban J connectivity index is 1.98. The molecule has 0 N–H and O–H groups in total. The van der Waals surface area contributed by atoms with Crippen molar-refractivity contribution < 1.29 is 4.74 Å². The van der Waals surface area contributed by atoms with Gasteiger partial charge in [0.25, 0.3) is 0 Å². The van der Waals surface area contributed by atoms with Gasteiger partial charge in [0.1, 0.15) is 0 Å². The van der Waals surface area contributed by atoms with Crippen LogP contribution in [0.5, 0.6) is 0 Å². The highest BCUT2D eigenvalue weighted by molar-refractivity contribution is 14.1. The van der Waals surface area contributed by atoms with Crippen molar-refractivity contribution in [2.24, 2.45) is 0 Å². The quantitative estimate of drug-likeness (QED) is 0.497. The lowest BCUT2D eigenvalue weighted by Crippen LogP contribution is -2.36. The Bertz CT molecular complexity index is 361. The van der Waals surface area contributed by atoms with Gasteiger partial charge < -0.3 is 4.74 Å². The summed E-state index contributed by atoms with van der Waals surface area (Å²) in [7, 11) is 0. The second-order valence-corrected chi connectivity index (χ2v) is 6.37. The van der Waals surface area contributed by atoms with Gasteiger partial charge in [-0.3, -0.25) is 0 Å². The molecule has 0 amide bonds. The number of halogens is 2. The molecule has 17 heavy (non-hydrogen) atoms. The van der Waals surface area contributed by atoms with E-state index in [1.165, 1.54) is 37.7 Å².